The van der Waals surface area contributed by atoms with Crippen LogP contribution >= 0.6 is 15.9 Å². The summed E-state index contributed by atoms with van der Waals surface area (Å²) in [5.74, 6) is 0.530. The lowest BCUT2D eigenvalue weighted by molar-refractivity contribution is 0.573. The zero-order valence-electron chi connectivity index (χ0n) is 9.69. The molecule has 0 aliphatic heterocycles. The molecule has 2 unspecified atom stereocenters. The van der Waals surface area contributed by atoms with Gasteiger partial charge in [-0.2, -0.15) is 0 Å². The Morgan fingerprint density at radius 1 is 1.47 bits per heavy atom. The highest BCUT2D eigenvalue weighted by Gasteiger charge is 2.39. The minimum Gasteiger partial charge on any atom is -0.208 e. The van der Waals surface area contributed by atoms with Crippen LogP contribution in [-0.4, -0.2) is 14.5 Å². The summed E-state index contributed by atoms with van der Waals surface area (Å²) in [5.41, 5.74) is 0. The minimum absolute atomic E-state index is 0.138. The van der Waals surface area contributed by atoms with Crippen LogP contribution in [0.3, 0.4) is 0 Å². The predicted octanol–water partition coefficient (Wildman–Crippen LogP) is 2.92. The van der Waals surface area contributed by atoms with Gasteiger partial charge in [0.05, 0.1) is 4.90 Å². The van der Waals surface area contributed by atoms with Gasteiger partial charge in [-0.25, -0.2) is 13.1 Å². The molecule has 0 amide bonds. The van der Waals surface area contributed by atoms with Crippen molar-refractivity contribution < 1.29 is 8.42 Å². The highest BCUT2D eigenvalue weighted by atomic mass is 79.9. The van der Waals surface area contributed by atoms with Crippen LogP contribution in [0.1, 0.15) is 26.2 Å². The summed E-state index contributed by atoms with van der Waals surface area (Å²) in [4.78, 5) is 0.328. The fraction of sp³-hybridized carbons (Fsp3) is 0.500. The third-order valence-corrected chi connectivity index (χ3v) is 4.98. The van der Waals surface area contributed by atoms with E-state index in [9.17, 15) is 8.42 Å². The Balaban J connectivity index is 2.05. The van der Waals surface area contributed by atoms with Crippen LogP contribution in [0, 0.1) is 5.92 Å². The maximum absolute atomic E-state index is 12.1. The molecule has 2 rings (SSSR count). The van der Waals surface area contributed by atoms with Crippen LogP contribution < -0.4 is 4.72 Å². The maximum atomic E-state index is 12.1. The molecule has 1 saturated carbocycles. The Labute approximate surface area is 111 Å². The molecule has 0 saturated heterocycles. The van der Waals surface area contributed by atoms with Gasteiger partial charge in [0.2, 0.25) is 10.0 Å². The van der Waals surface area contributed by atoms with E-state index >= 15 is 0 Å². The first-order valence-electron chi connectivity index (χ1n) is 5.81. The van der Waals surface area contributed by atoms with Crippen molar-refractivity contribution in [3.05, 3.63) is 28.7 Å². The lowest BCUT2D eigenvalue weighted by atomic mass is 10.2. The molecule has 0 heterocycles. The first kappa shape index (κ1) is 13.1. The van der Waals surface area contributed by atoms with E-state index in [1.807, 2.05) is 6.07 Å². The molecule has 1 aromatic rings. The van der Waals surface area contributed by atoms with Gasteiger partial charge in [-0.15, -0.1) is 0 Å². The number of hydrogen-bond acceptors (Lipinski definition) is 2. The maximum Gasteiger partial charge on any atom is 0.240 e. The molecule has 1 N–H and O–H groups in total. The van der Waals surface area contributed by atoms with Crippen molar-refractivity contribution >= 4 is 26.0 Å². The Bertz CT molecular complexity index is 501. The molecular formula is C12H16BrNO2S. The van der Waals surface area contributed by atoms with Gasteiger partial charge in [0.15, 0.2) is 0 Å². The smallest absolute Gasteiger partial charge is 0.208 e. The number of halogens is 1. The Morgan fingerprint density at radius 3 is 2.88 bits per heavy atom. The average molecular weight is 318 g/mol. The SMILES string of the molecule is CCCC1CC1NS(=O)(=O)c1cccc(Br)c1. The molecule has 2 atom stereocenters. The molecule has 0 radical (unpaired) electrons. The molecule has 0 aromatic heterocycles. The summed E-state index contributed by atoms with van der Waals surface area (Å²) in [6, 6.07) is 6.92. The second kappa shape index (κ2) is 5.08. The van der Waals surface area contributed by atoms with Gasteiger partial charge >= 0.3 is 0 Å². The Hall–Kier alpha value is -0.390. The van der Waals surface area contributed by atoms with Crippen molar-refractivity contribution in [2.75, 3.05) is 0 Å². The van der Waals surface area contributed by atoms with Gasteiger partial charge in [-0.05, 0) is 37.0 Å². The largest absolute Gasteiger partial charge is 0.240 e. The van der Waals surface area contributed by atoms with Gasteiger partial charge in [0.1, 0.15) is 0 Å². The topological polar surface area (TPSA) is 46.2 Å². The second-order valence-electron chi connectivity index (χ2n) is 4.47. The monoisotopic (exact) mass is 317 g/mol. The Kier molecular flexibility index (Phi) is 3.90. The van der Waals surface area contributed by atoms with Crippen molar-refractivity contribution in [1.82, 2.24) is 4.72 Å². The van der Waals surface area contributed by atoms with Crippen molar-refractivity contribution in [2.45, 2.75) is 37.1 Å². The van der Waals surface area contributed by atoms with Gasteiger partial charge in [0, 0.05) is 10.5 Å². The molecule has 0 bridgehead atoms. The van der Waals surface area contributed by atoms with Gasteiger partial charge < -0.3 is 0 Å². The van der Waals surface area contributed by atoms with Crippen molar-refractivity contribution in [3.8, 4) is 0 Å². The first-order valence-corrected chi connectivity index (χ1v) is 8.08. The standard InChI is InChI=1S/C12H16BrNO2S/c1-2-4-9-7-12(9)14-17(15,16)11-6-3-5-10(13)8-11/h3,5-6,8-9,12,14H,2,4,7H2,1H3. The molecule has 17 heavy (non-hydrogen) atoms. The number of benzene rings is 1. The summed E-state index contributed by atoms with van der Waals surface area (Å²) in [6.07, 6.45) is 3.19. The van der Waals surface area contributed by atoms with Crippen LogP contribution in [0.4, 0.5) is 0 Å². The third kappa shape index (κ3) is 3.30. The molecule has 1 aliphatic carbocycles. The summed E-state index contributed by atoms with van der Waals surface area (Å²) in [5, 5.41) is 0. The van der Waals surface area contributed by atoms with Crippen LogP contribution in [0.5, 0.6) is 0 Å². The van der Waals surface area contributed by atoms with E-state index in [2.05, 4.69) is 27.6 Å². The molecular weight excluding hydrogens is 302 g/mol. The molecule has 0 spiro atoms. The lowest BCUT2D eigenvalue weighted by Gasteiger charge is -2.06. The number of rotatable bonds is 5. The van der Waals surface area contributed by atoms with Crippen LogP contribution in [0.2, 0.25) is 0 Å². The van der Waals surface area contributed by atoms with E-state index in [-0.39, 0.29) is 6.04 Å². The van der Waals surface area contributed by atoms with E-state index in [0.717, 1.165) is 23.7 Å². The summed E-state index contributed by atoms with van der Waals surface area (Å²) in [6.45, 7) is 2.12. The van der Waals surface area contributed by atoms with Crippen LogP contribution in [0.15, 0.2) is 33.6 Å². The lowest BCUT2D eigenvalue weighted by Crippen LogP contribution is -2.27. The second-order valence-corrected chi connectivity index (χ2v) is 7.10. The molecule has 3 nitrogen and oxygen atoms in total. The predicted molar refractivity (Wildman–Crippen MR) is 71.3 cm³/mol. The van der Waals surface area contributed by atoms with Gasteiger partial charge in [-0.1, -0.05) is 35.3 Å². The summed E-state index contributed by atoms with van der Waals surface area (Å²) >= 11 is 3.28. The summed E-state index contributed by atoms with van der Waals surface area (Å²) < 4.78 is 27.6. The van der Waals surface area contributed by atoms with Gasteiger partial charge in [0.25, 0.3) is 0 Å². The summed E-state index contributed by atoms with van der Waals surface area (Å²) in [7, 11) is -3.35. The van der Waals surface area contributed by atoms with Gasteiger partial charge in [-0.3, -0.25) is 0 Å². The first-order chi connectivity index (χ1) is 8.03. The number of nitrogens with one attached hydrogen (secondary N) is 1. The van der Waals surface area contributed by atoms with E-state index in [1.165, 1.54) is 0 Å². The van der Waals surface area contributed by atoms with Crippen LogP contribution in [-0.2, 0) is 10.0 Å². The normalized spacial score (nSPS) is 23.6. The minimum atomic E-state index is -3.35. The quantitative estimate of drug-likeness (QED) is 0.907. The molecule has 1 aliphatic rings. The third-order valence-electron chi connectivity index (χ3n) is 2.99. The van der Waals surface area contributed by atoms with Crippen molar-refractivity contribution in [3.63, 3.8) is 0 Å². The molecule has 1 aromatic carbocycles. The number of sulfonamides is 1. The van der Waals surface area contributed by atoms with Crippen molar-refractivity contribution in [1.29, 1.82) is 0 Å². The Morgan fingerprint density at radius 2 is 2.24 bits per heavy atom. The van der Waals surface area contributed by atoms with Crippen molar-refractivity contribution in [2.24, 2.45) is 5.92 Å². The van der Waals surface area contributed by atoms with E-state index < -0.39 is 10.0 Å². The van der Waals surface area contributed by atoms with E-state index in [1.54, 1.807) is 18.2 Å². The molecule has 1 fully saturated rings. The van der Waals surface area contributed by atoms with E-state index in [0.29, 0.717) is 10.8 Å². The molecule has 5 heteroatoms. The van der Waals surface area contributed by atoms with E-state index in [4.69, 9.17) is 0 Å². The fourth-order valence-corrected chi connectivity index (χ4v) is 3.90. The zero-order chi connectivity index (χ0) is 12.5. The average Bonchev–Trinajstić information content (AvgIpc) is 2.96. The number of hydrogen-bond donors (Lipinski definition) is 1. The van der Waals surface area contributed by atoms with Crippen LogP contribution in [0.25, 0.3) is 0 Å². The highest BCUT2D eigenvalue weighted by Crippen LogP contribution is 2.35. The zero-order valence-corrected chi connectivity index (χ0v) is 12.1. The highest BCUT2D eigenvalue weighted by molar-refractivity contribution is 9.10. The molecule has 94 valence electrons. The fourth-order valence-electron chi connectivity index (χ4n) is 1.98.